The molecule has 0 saturated heterocycles. The summed E-state index contributed by atoms with van der Waals surface area (Å²) in [7, 11) is 0. The van der Waals surface area contributed by atoms with Crippen molar-refractivity contribution >= 4 is 11.8 Å². The van der Waals surface area contributed by atoms with Crippen LogP contribution in [0.3, 0.4) is 0 Å². The van der Waals surface area contributed by atoms with Crippen LogP contribution < -0.4 is 0 Å². The van der Waals surface area contributed by atoms with Crippen molar-refractivity contribution in [3.8, 4) is 6.07 Å². The zero-order valence-corrected chi connectivity index (χ0v) is 10.1. The molecule has 0 radical (unpaired) electrons. The van der Waals surface area contributed by atoms with Gasteiger partial charge in [0.05, 0.1) is 12.0 Å². The molecule has 0 heterocycles. The molecule has 0 spiro atoms. The van der Waals surface area contributed by atoms with Gasteiger partial charge in [-0.3, -0.25) is 0 Å². The van der Waals surface area contributed by atoms with E-state index in [0.717, 1.165) is 6.42 Å². The highest BCUT2D eigenvalue weighted by Gasteiger charge is 2.24. The Hall–Kier alpha value is -0.160. The smallest absolute Gasteiger partial charge is 0.0667 e. The summed E-state index contributed by atoms with van der Waals surface area (Å²) in [6.07, 6.45) is 7.52. The van der Waals surface area contributed by atoms with Gasteiger partial charge in [-0.1, -0.05) is 33.1 Å². The first kappa shape index (κ1) is 11.9. The maximum Gasteiger partial charge on any atom is 0.0667 e. The van der Waals surface area contributed by atoms with Crippen molar-refractivity contribution in [1.29, 1.82) is 5.26 Å². The fourth-order valence-electron chi connectivity index (χ4n) is 1.98. The molecule has 0 aromatic rings. The number of nitrogens with zero attached hydrogens (tertiary/aromatic N) is 1. The lowest BCUT2D eigenvalue weighted by molar-refractivity contribution is 0.583. The molecule has 1 rings (SSSR count). The Bertz CT molecular complexity index is 197. The van der Waals surface area contributed by atoms with E-state index in [1.807, 2.05) is 11.8 Å². The Labute approximate surface area is 92.3 Å². The predicted molar refractivity (Wildman–Crippen MR) is 63.3 cm³/mol. The van der Waals surface area contributed by atoms with Crippen molar-refractivity contribution in [2.75, 3.05) is 0 Å². The average molecular weight is 211 g/mol. The molecule has 80 valence electrons. The molecule has 1 nitrogen and oxygen atoms in total. The quantitative estimate of drug-likeness (QED) is 0.659. The van der Waals surface area contributed by atoms with Crippen LogP contribution in [-0.4, -0.2) is 10.5 Å². The molecule has 0 bridgehead atoms. The summed E-state index contributed by atoms with van der Waals surface area (Å²) in [6.45, 7) is 4.51. The van der Waals surface area contributed by atoms with Gasteiger partial charge in [0.15, 0.2) is 0 Å². The van der Waals surface area contributed by atoms with Gasteiger partial charge in [0, 0.05) is 10.5 Å². The molecule has 14 heavy (non-hydrogen) atoms. The van der Waals surface area contributed by atoms with Gasteiger partial charge in [-0.15, -0.1) is 0 Å². The predicted octanol–water partition coefficient (Wildman–Crippen LogP) is 3.99. The number of rotatable bonds is 3. The zero-order chi connectivity index (χ0) is 10.4. The molecule has 1 aliphatic carbocycles. The molecule has 0 aromatic heterocycles. The van der Waals surface area contributed by atoms with E-state index in [1.54, 1.807) is 0 Å². The highest BCUT2D eigenvalue weighted by atomic mass is 32.2. The maximum absolute atomic E-state index is 9.11. The van der Waals surface area contributed by atoms with Gasteiger partial charge in [-0.2, -0.15) is 17.0 Å². The summed E-state index contributed by atoms with van der Waals surface area (Å²) >= 11 is 2.04. The van der Waals surface area contributed by atoms with E-state index in [2.05, 4.69) is 19.9 Å². The number of nitriles is 1. The maximum atomic E-state index is 9.11. The van der Waals surface area contributed by atoms with Crippen molar-refractivity contribution in [2.24, 2.45) is 5.92 Å². The van der Waals surface area contributed by atoms with E-state index in [1.165, 1.54) is 32.1 Å². The van der Waals surface area contributed by atoms with Crippen LogP contribution >= 0.6 is 11.8 Å². The summed E-state index contributed by atoms with van der Waals surface area (Å²) in [5.74, 6) is 0.316. The molecule has 0 N–H and O–H groups in total. The first-order valence-corrected chi connectivity index (χ1v) is 6.77. The Kier molecular flexibility index (Phi) is 5.40. The molecule has 1 fully saturated rings. The first-order valence-electron chi connectivity index (χ1n) is 5.83. The fourth-order valence-corrected chi connectivity index (χ4v) is 3.46. The second-order valence-corrected chi connectivity index (χ2v) is 5.95. The van der Waals surface area contributed by atoms with Crippen LogP contribution in [0.2, 0.25) is 0 Å². The van der Waals surface area contributed by atoms with E-state index < -0.39 is 0 Å². The monoisotopic (exact) mass is 211 g/mol. The van der Waals surface area contributed by atoms with E-state index >= 15 is 0 Å². The van der Waals surface area contributed by atoms with Crippen molar-refractivity contribution < 1.29 is 0 Å². The second kappa shape index (κ2) is 6.35. The van der Waals surface area contributed by atoms with Crippen LogP contribution in [0.1, 0.15) is 52.4 Å². The fraction of sp³-hybridized carbons (Fsp3) is 0.917. The highest BCUT2D eigenvalue weighted by Crippen LogP contribution is 2.34. The van der Waals surface area contributed by atoms with Gasteiger partial charge in [0.25, 0.3) is 0 Å². The first-order chi connectivity index (χ1) is 6.77. The van der Waals surface area contributed by atoms with Gasteiger partial charge in [-0.25, -0.2) is 0 Å². The van der Waals surface area contributed by atoms with Gasteiger partial charge in [0.2, 0.25) is 0 Å². The van der Waals surface area contributed by atoms with Crippen LogP contribution in [0.25, 0.3) is 0 Å². The molecule has 3 unspecified atom stereocenters. The largest absolute Gasteiger partial charge is 0.198 e. The molecule has 0 aliphatic heterocycles. The molecule has 1 aliphatic rings. The molecule has 1 saturated carbocycles. The summed E-state index contributed by atoms with van der Waals surface area (Å²) in [5, 5.41) is 10.4. The Morgan fingerprint density at radius 2 is 2.07 bits per heavy atom. The van der Waals surface area contributed by atoms with E-state index in [0.29, 0.717) is 16.4 Å². The van der Waals surface area contributed by atoms with E-state index in [-0.39, 0.29) is 0 Å². The van der Waals surface area contributed by atoms with Crippen LogP contribution in [-0.2, 0) is 0 Å². The summed E-state index contributed by atoms with van der Waals surface area (Å²) in [5.41, 5.74) is 0. The number of hydrogen-bond acceptors (Lipinski definition) is 2. The third-order valence-electron chi connectivity index (χ3n) is 3.10. The average Bonchev–Trinajstić information content (AvgIpc) is 2.42. The Balaban J connectivity index is 2.49. The summed E-state index contributed by atoms with van der Waals surface area (Å²) in [4.78, 5) is 0. The molecule has 2 heteroatoms. The Morgan fingerprint density at radius 1 is 1.36 bits per heavy atom. The third-order valence-corrected chi connectivity index (χ3v) is 4.81. The third kappa shape index (κ3) is 3.53. The molecule has 3 atom stereocenters. The van der Waals surface area contributed by atoms with Crippen LogP contribution in [0.4, 0.5) is 0 Å². The Morgan fingerprint density at radius 3 is 2.71 bits per heavy atom. The summed E-state index contributed by atoms with van der Waals surface area (Å²) in [6, 6.07) is 2.50. The van der Waals surface area contributed by atoms with Gasteiger partial charge in [-0.05, 0) is 19.3 Å². The molecule has 0 amide bonds. The minimum absolute atomic E-state index is 0.316. The number of hydrogen-bond donors (Lipinski definition) is 0. The minimum Gasteiger partial charge on any atom is -0.198 e. The number of thioether (sulfide) groups is 1. The minimum atomic E-state index is 0.316. The summed E-state index contributed by atoms with van der Waals surface area (Å²) < 4.78 is 0. The highest BCUT2D eigenvalue weighted by molar-refractivity contribution is 8.00. The van der Waals surface area contributed by atoms with Gasteiger partial charge >= 0.3 is 0 Å². The van der Waals surface area contributed by atoms with Crippen molar-refractivity contribution in [3.63, 3.8) is 0 Å². The lowest BCUT2D eigenvalue weighted by atomic mass is 10.0. The standard InChI is InChI=1S/C12H21NS/c1-3-10(2)14-12-8-6-4-5-7-11(12)9-13/h10-12H,3-8H2,1-2H3. The van der Waals surface area contributed by atoms with E-state index in [9.17, 15) is 0 Å². The van der Waals surface area contributed by atoms with Crippen LogP contribution in [0.5, 0.6) is 0 Å². The second-order valence-electron chi connectivity index (χ2n) is 4.27. The van der Waals surface area contributed by atoms with Crippen molar-refractivity contribution in [3.05, 3.63) is 0 Å². The van der Waals surface area contributed by atoms with Gasteiger partial charge < -0.3 is 0 Å². The molecule has 0 aromatic carbocycles. The topological polar surface area (TPSA) is 23.8 Å². The van der Waals surface area contributed by atoms with Crippen molar-refractivity contribution in [1.82, 2.24) is 0 Å². The zero-order valence-electron chi connectivity index (χ0n) is 9.33. The normalized spacial score (nSPS) is 30.4. The molecular formula is C12H21NS. The van der Waals surface area contributed by atoms with E-state index in [4.69, 9.17) is 5.26 Å². The lowest BCUT2D eigenvalue weighted by Crippen LogP contribution is -2.17. The SMILES string of the molecule is CCC(C)SC1CCCCCC1C#N. The van der Waals surface area contributed by atoms with Crippen molar-refractivity contribution in [2.45, 2.75) is 62.9 Å². The molecular weight excluding hydrogens is 190 g/mol. The lowest BCUT2D eigenvalue weighted by Gasteiger charge is -2.21. The van der Waals surface area contributed by atoms with Crippen LogP contribution in [0.15, 0.2) is 0 Å². The van der Waals surface area contributed by atoms with Gasteiger partial charge in [0.1, 0.15) is 0 Å². The van der Waals surface area contributed by atoms with Crippen LogP contribution in [0, 0.1) is 17.2 Å².